The molecule has 1 aliphatic heterocycles. The smallest absolute Gasteiger partial charge is 0.258 e. The molecule has 1 aliphatic rings. The topological polar surface area (TPSA) is 86.8 Å². The number of carbonyl (C=O) groups is 1. The van der Waals surface area contributed by atoms with Crippen molar-refractivity contribution in [3.63, 3.8) is 0 Å². The van der Waals surface area contributed by atoms with E-state index in [1.165, 1.54) is 18.2 Å². The zero-order valence-electron chi connectivity index (χ0n) is 10.7. The lowest BCUT2D eigenvalue weighted by Crippen LogP contribution is -2.28. The fourth-order valence-corrected chi connectivity index (χ4v) is 2.55. The van der Waals surface area contributed by atoms with Gasteiger partial charge >= 0.3 is 0 Å². The predicted octanol–water partition coefficient (Wildman–Crippen LogP) is 1.88. The molecular formula is C15H14N2O3. The first kappa shape index (κ1) is 12.3. The largest absolute Gasteiger partial charge is 0.508 e. The number of nitrogens with two attached hydrogens (primary N) is 1. The molecule has 5 nitrogen and oxygen atoms in total. The molecule has 102 valence electrons. The van der Waals surface area contributed by atoms with Gasteiger partial charge in [0.1, 0.15) is 11.5 Å². The van der Waals surface area contributed by atoms with Crippen LogP contribution in [0.4, 0.5) is 11.4 Å². The minimum Gasteiger partial charge on any atom is -0.508 e. The highest BCUT2D eigenvalue weighted by atomic mass is 16.3. The van der Waals surface area contributed by atoms with Gasteiger partial charge in [0.15, 0.2) is 0 Å². The van der Waals surface area contributed by atoms with E-state index >= 15 is 0 Å². The number of phenolic OH excluding ortho intramolecular Hbond substituents is 2. The van der Waals surface area contributed by atoms with Crippen LogP contribution in [-0.2, 0) is 6.42 Å². The van der Waals surface area contributed by atoms with Gasteiger partial charge in [-0.1, -0.05) is 6.07 Å². The number of carbonyl (C=O) groups excluding carboxylic acids is 1. The van der Waals surface area contributed by atoms with Gasteiger partial charge in [-0.15, -0.1) is 0 Å². The molecule has 0 saturated carbocycles. The molecule has 0 aromatic heterocycles. The lowest BCUT2D eigenvalue weighted by atomic mass is 10.1. The van der Waals surface area contributed by atoms with Crippen LogP contribution in [-0.4, -0.2) is 22.7 Å². The summed E-state index contributed by atoms with van der Waals surface area (Å²) in [5, 5.41) is 18.9. The van der Waals surface area contributed by atoms with Gasteiger partial charge in [-0.2, -0.15) is 0 Å². The Morgan fingerprint density at radius 1 is 1.15 bits per heavy atom. The van der Waals surface area contributed by atoms with Crippen LogP contribution in [0.3, 0.4) is 0 Å². The van der Waals surface area contributed by atoms with Crippen LogP contribution in [0, 0.1) is 0 Å². The van der Waals surface area contributed by atoms with E-state index in [0.717, 1.165) is 11.3 Å². The number of rotatable bonds is 1. The number of hydrogen-bond donors (Lipinski definition) is 3. The lowest BCUT2D eigenvalue weighted by Gasteiger charge is -2.18. The van der Waals surface area contributed by atoms with E-state index < -0.39 is 0 Å². The third-order valence-corrected chi connectivity index (χ3v) is 3.46. The maximum Gasteiger partial charge on any atom is 0.258 e. The fourth-order valence-electron chi connectivity index (χ4n) is 2.55. The monoisotopic (exact) mass is 270 g/mol. The quantitative estimate of drug-likeness (QED) is 0.690. The Morgan fingerprint density at radius 3 is 2.55 bits per heavy atom. The summed E-state index contributed by atoms with van der Waals surface area (Å²) in [7, 11) is 0. The second kappa shape index (κ2) is 4.45. The zero-order chi connectivity index (χ0) is 14.3. The van der Waals surface area contributed by atoms with Crippen molar-refractivity contribution >= 4 is 17.3 Å². The van der Waals surface area contributed by atoms with Gasteiger partial charge < -0.3 is 20.8 Å². The number of aromatic hydroxyl groups is 2. The Hall–Kier alpha value is -2.69. The average Bonchev–Trinajstić information content (AvgIpc) is 2.82. The van der Waals surface area contributed by atoms with Crippen molar-refractivity contribution in [2.24, 2.45) is 0 Å². The highest BCUT2D eigenvalue weighted by molar-refractivity contribution is 6.08. The number of anilines is 2. The summed E-state index contributed by atoms with van der Waals surface area (Å²) in [6.07, 6.45) is 0.707. The molecular weight excluding hydrogens is 256 g/mol. The number of hydrogen-bond acceptors (Lipinski definition) is 4. The van der Waals surface area contributed by atoms with Crippen LogP contribution in [0.15, 0.2) is 36.4 Å². The third-order valence-electron chi connectivity index (χ3n) is 3.46. The molecule has 3 rings (SSSR count). The number of nitrogen functional groups attached to an aromatic ring is 1. The SMILES string of the molecule is Nc1cccc2c1CCN2C(=O)c1cc(O)cc(O)c1. The highest BCUT2D eigenvalue weighted by Gasteiger charge is 2.27. The van der Waals surface area contributed by atoms with Crippen LogP contribution in [0.2, 0.25) is 0 Å². The van der Waals surface area contributed by atoms with E-state index in [1.54, 1.807) is 11.0 Å². The Labute approximate surface area is 115 Å². The molecule has 1 amide bonds. The second-order valence-corrected chi connectivity index (χ2v) is 4.79. The molecule has 0 spiro atoms. The Kier molecular flexibility index (Phi) is 2.75. The Morgan fingerprint density at radius 2 is 1.85 bits per heavy atom. The molecule has 4 N–H and O–H groups in total. The Bertz CT molecular complexity index is 677. The number of nitrogens with zero attached hydrogens (tertiary/aromatic N) is 1. The van der Waals surface area contributed by atoms with Crippen molar-refractivity contribution in [1.82, 2.24) is 0 Å². The standard InChI is InChI=1S/C15H14N2O3/c16-13-2-1-3-14-12(13)4-5-17(14)15(20)9-6-10(18)8-11(19)7-9/h1-3,6-8,18-19H,4-5,16H2. The van der Waals surface area contributed by atoms with Crippen LogP contribution in [0.5, 0.6) is 11.5 Å². The van der Waals surface area contributed by atoms with Gasteiger partial charge in [-0.05, 0) is 30.7 Å². The van der Waals surface area contributed by atoms with E-state index in [-0.39, 0.29) is 23.0 Å². The molecule has 0 unspecified atom stereocenters. The molecule has 1 heterocycles. The highest BCUT2D eigenvalue weighted by Crippen LogP contribution is 2.33. The molecule has 0 atom stereocenters. The van der Waals surface area contributed by atoms with Crippen molar-refractivity contribution in [2.45, 2.75) is 6.42 Å². The van der Waals surface area contributed by atoms with Gasteiger partial charge in [0.2, 0.25) is 0 Å². The lowest BCUT2D eigenvalue weighted by molar-refractivity contribution is 0.0988. The van der Waals surface area contributed by atoms with Crippen molar-refractivity contribution in [3.05, 3.63) is 47.5 Å². The van der Waals surface area contributed by atoms with Crippen molar-refractivity contribution in [2.75, 3.05) is 17.2 Å². The van der Waals surface area contributed by atoms with Gasteiger partial charge in [0.05, 0.1) is 0 Å². The number of amides is 1. The summed E-state index contributed by atoms with van der Waals surface area (Å²) >= 11 is 0. The van der Waals surface area contributed by atoms with Gasteiger partial charge in [0, 0.05) is 35.1 Å². The third kappa shape index (κ3) is 1.93. The van der Waals surface area contributed by atoms with Crippen molar-refractivity contribution in [3.8, 4) is 11.5 Å². The van der Waals surface area contributed by atoms with Crippen LogP contribution in [0.25, 0.3) is 0 Å². The molecule has 0 radical (unpaired) electrons. The first-order chi connectivity index (χ1) is 9.56. The maximum absolute atomic E-state index is 12.5. The maximum atomic E-state index is 12.5. The van der Waals surface area contributed by atoms with Crippen LogP contribution in [0.1, 0.15) is 15.9 Å². The molecule has 0 bridgehead atoms. The Balaban J connectivity index is 2.00. The first-order valence-electron chi connectivity index (χ1n) is 6.28. The van der Waals surface area contributed by atoms with Crippen LogP contribution >= 0.6 is 0 Å². The van der Waals surface area contributed by atoms with E-state index in [9.17, 15) is 15.0 Å². The summed E-state index contributed by atoms with van der Waals surface area (Å²) in [5.41, 5.74) is 8.58. The second-order valence-electron chi connectivity index (χ2n) is 4.79. The van der Waals surface area contributed by atoms with E-state index in [2.05, 4.69) is 0 Å². The minimum atomic E-state index is -0.263. The minimum absolute atomic E-state index is 0.139. The average molecular weight is 270 g/mol. The normalized spacial score (nSPS) is 13.3. The van der Waals surface area contributed by atoms with Gasteiger partial charge in [0.25, 0.3) is 5.91 Å². The molecule has 20 heavy (non-hydrogen) atoms. The summed E-state index contributed by atoms with van der Waals surface area (Å²) in [5.74, 6) is -0.541. The van der Waals surface area contributed by atoms with Crippen LogP contribution < -0.4 is 10.6 Å². The molecule has 0 saturated heterocycles. The molecule has 2 aromatic rings. The van der Waals surface area contributed by atoms with Gasteiger partial charge in [-0.3, -0.25) is 4.79 Å². The predicted molar refractivity (Wildman–Crippen MR) is 76.0 cm³/mol. The van der Waals surface area contributed by atoms with E-state index in [4.69, 9.17) is 5.73 Å². The van der Waals surface area contributed by atoms with E-state index in [1.807, 2.05) is 12.1 Å². The molecule has 0 aliphatic carbocycles. The number of fused-ring (bicyclic) bond motifs is 1. The van der Waals surface area contributed by atoms with Crippen molar-refractivity contribution in [1.29, 1.82) is 0 Å². The van der Waals surface area contributed by atoms with E-state index in [0.29, 0.717) is 18.7 Å². The zero-order valence-corrected chi connectivity index (χ0v) is 10.7. The molecule has 5 heteroatoms. The molecule has 2 aromatic carbocycles. The summed E-state index contributed by atoms with van der Waals surface area (Å²) in [6, 6.07) is 9.33. The summed E-state index contributed by atoms with van der Waals surface area (Å²) in [4.78, 5) is 14.1. The summed E-state index contributed by atoms with van der Waals surface area (Å²) < 4.78 is 0. The number of phenols is 2. The summed E-state index contributed by atoms with van der Waals surface area (Å²) in [6.45, 7) is 0.540. The first-order valence-corrected chi connectivity index (χ1v) is 6.28. The van der Waals surface area contributed by atoms with Crippen molar-refractivity contribution < 1.29 is 15.0 Å². The number of benzene rings is 2. The fraction of sp³-hybridized carbons (Fsp3) is 0.133. The van der Waals surface area contributed by atoms with Gasteiger partial charge in [-0.25, -0.2) is 0 Å². The molecule has 0 fully saturated rings.